The molecule has 2 nitrogen and oxygen atoms in total. The van der Waals surface area contributed by atoms with Gasteiger partial charge in [-0.15, -0.1) is 0 Å². The monoisotopic (exact) mass is 232 g/mol. The first-order valence-electron chi connectivity index (χ1n) is 6.75. The van der Waals surface area contributed by atoms with E-state index in [1.54, 1.807) is 0 Å². The summed E-state index contributed by atoms with van der Waals surface area (Å²) in [6.45, 7) is 6.66. The smallest absolute Gasteiger partial charge is 0.0239 e. The van der Waals surface area contributed by atoms with Crippen molar-refractivity contribution >= 4 is 0 Å². The summed E-state index contributed by atoms with van der Waals surface area (Å²) in [5.74, 6) is 0. The van der Waals surface area contributed by atoms with Gasteiger partial charge in [0.05, 0.1) is 0 Å². The van der Waals surface area contributed by atoms with Crippen molar-refractivity contribution in [2.45, 2.75) is 51.2 Å². The van der Waals surface area contributed by atoms with Crippen LogP contribution in [0.1, 0.15) is 38.7 Å². The Bertz CT molecular complexity index is 343. The molecule has 2 N–H and O–H groups in total. The summed E-state index contributed by atoms with van der Waals surface area (Å²) in [6, 6.07) is 11.1. The zero-order chi connectivity index (χ0) is 12.3. The molecule has 1 heterocycles. The highest BCUT2D eigenvalue weighted by molar-refractivity contribution is 5.16. The molecule has 1 aromatic rings. The fraction of sp³-hybridized carbons (Fsp3) is 0.600. The zero-order valence-electron chi connectivity index (χ0n) is 11.0. The van der Waals surface area contributed by atoms with Crippen molar-refractivity contribution in [1.29, 1.82) is 0 Å². The van der Waals surface area contributed by atoms with Gasteiger partial charge in [0.2, 0.25) is 0 Å². The van der Waals surface area contributed by atoms with Gasteiger partial charge in [-0.05, 0) is 24.8 Å². The van der Waals surface area contributed by atoms with Crippen LogP contribution >= 0.6 is 0 Å². The van der Waals surface area contributed by atoms with Gasteiger partial charge in [-0.2, -0.15) is 0 Å². The van der Waals surface area contributed by atoms with Gasteiger partial charge in [0.25, 0.3) is 0 Å². The third-order valence-corrected chi connectivity index (χ3v) is 4.30. The lowest BCUT2D eigenvalue weighted by Gasteiger charge is -2.37. The molecular weight excluding hydrogens is 208 g/mol. The van der Waals surface area contributed by atoms with Crippen LogP contribution in [0.5, 0.6) is 0 Å². The van der Waals surface area contributed by atoms with Gasteiger partial charge in [0, 0.05) is 24.7 Å². The van der Waals surface area contributed by atoms with E-state index in [0.717, 1.165) is 19.5 Å². The minimum atomic E-state index is 0.329. The second-order valence-corrected chi connectivity index (χ2v) is 5.26. The van der Waals surface area contributed by atoms with E-state index in [1.165, 1.54) is 18.4 Å². The van der Waals surface area contributed by atoms with Gasteiger partial charge in [-0.3, -0.25) is 4.90 Å². The highest BCUT2D eigenvalue weighted by Gasteiger charge is 2.41. The molecule has 2 rings (SSSR count). The van der Waals surface area contributed by atoms with Crippen molar-refractivity contribution in [3.63, 3.8) is 0 Å². The quantitative estimate of drug-likeness (QED) is 0.865. The summed E-state index contributed by atoms with van der Waals surface area (Å²) < 4.78 is 0. The van der Waals surface area contributed by atoms with Crippen LogP contribution in [0.2, 0.25) is 0 Å². The number of nitrogens with two attached hydrogens (primary N) is 1. The van der Waals surface area contributed by atoms with Gasteiger partial charge >= 0.3 is 0 Å². The Morgan fingerprint density at radius 3 is 2.47 bits per heavy atom. The summed E-state index contributed by atoms with van der Waals surface area (Å²) in [5, 5.41) is 0. The summed E-state index contributed by atoms with van der Waals surface area (Å²) >= 11 is 0. The molecule has 0 aliphatic carbocycles. The van der Waals surface area contributed by atoms with Gasteiger partial charge < -0.3 is 5.73 Å². The van der Waals surface area contributed by atoms with E-state index in [2.05, 4.69) is 49.1 Å². The predicted octanol–water partition coefficient (Wildman–Crippen LogP) is 2.78. The van der Waals surface area contributed by atoms with Gasteiger partial charge in [0.1, 0.15) is 0 Å². The molecular formula is C15H24N2. The number of hydrogen-bond donors (Lipinski definition) is 1. The molecule has 1 unspecified atom stereocenters. The van der Waals surface area contributed by atoms with E-state index in [4.69, 9.17) is 5.73 Å². The molecule has 1 saturated heterocycles. The number of nitrogens with zero attached hydrogens (tertiary/aromatic N) is 1. The van der Waals surface area contributed by atoms with E-state index < -0.39 is 0 Å². The molecule has 0 aromatic heterocycles. The molecule has 2 heteroatoms. The molecule has 0 amide bonds. The Labute approximate surface area is 105 Å². The van der Waals surface area contributed by atoms with E-state index in [1.807, 2.05) is 0 Å². The van der Waals surface area contributed by atoms with Crippen LogP contribution in [0.3, 0.4) is 0 Å². The standard InChI is InChI=1S/C15H24N2/c1-3-15(4-2)10-14(16)12-17(15)11-13-8-6-5-7-9-13/h5-9,14H,3-4,10-12,16H2,1-2H3. The molecule has 1 aliphatic heterocycles. The summed E-state index contributed by atoms with van der Waals surface area (Å²) in [4.78, 5) is 2.59. The fourth-order valence-corrected chi connectivity index (χ4v) is 3.18. The van der Waals surface area contributed by atoms with Crippen molar-refractivity contribution in [1.82, 2.24) is 4.90 Å². The van der Waals surface area contributed by atoms with E-state index in [0.29, 0.717) is 11.6 Å². The van der Waals surface area contributed by atoms with Crippen molar-refractivity contribution < 1.29 is 0 Å². The number of likely N-dealkylation sites (tertiary alicyclic amines) is 1. The lowest BCUT2D eigenvalue weighted by molar-refractivity contribution is 0.119. The number of benzene rings is 1. The molecule has 17 heavy (non-hydrogen) atoms. The summed E-state index contributed by atoms with van der Waals surface area (Å²) in [5.41, 5.74) is 7.89. The second kappa shape index (κ2) is 5.19. The molecule has 94 valence electrons. The predicted molar refractivity (Wildman–Crippen MR) is 72.8 cm³/mol. The molecule has 1 aliphatic rings. The Morgan fingerprint density at radius 2 is 1.88 bits per heavy atom. The Balaban J connectivity index is 2.14. The summed E-state index contributed by atoms with van der Waals surface area (Å²) in [7, 11) is 0. The second-order valence-electron chi connectivity index (χ2n) is 5.26. The Kier molecular flexibility index (Phi) is 3.85. The number of rotatable bonds is 4. The van der Waals surface area contributed by atoms with Crippen LogP contribution in [0.4, 0.5) is 0 Å². The molecule has 0 spiro atoms. The van der Waals surface area contributed by atoms with Gasteiger partial charge in [-0.25, -0.2) is 0 Å². The fourth-order valence-electron chi connectivity index (χ4n) is 3.18. The lowest BCUT2D eigenvalue weighted by Crippen LogP contribution is -2.42. The van der Waals surface area contributed by atoms with E-state index >= 15 is 0 Å². The lowest BCUT2D eigenvalue weighted by atomic mass is 9.88. The van der Waals surface area contributed by atoms with Crippen LogP contribution < -0.4 is 5.73 Å². The van der Waals surface area contributed by atoms with Crippen molar-refractivity contribution in [2.75, 3.05) is 6.54 Å². The maximum absolute atomic E-state index is 6.16. The SMILES string of the molecule is CCC1(CC)CC(N)CN1Cc1ccccc1. The third kappa shape index (κ3) is 2.53. The molecule has 1 atom stereocenters. The van der Waals surface area contributed by atoms with Gasteiger partial charge in [-0.1, -0.05) is 44.2 Å². The van der Waals surface area contributed by atoms with Crippen molar-refractivity contribution in [2.24, 2.45) is 5.73 Å². The molecule has 0 radical (unpaired) electrons. The molecule has 1 fully saturated rings. The minimum Gasteiger partial charge on any atom is -0.326 e. The first-order valence-corrected chi connectivity index (χ1v) is 6.75. The average molecular weight is 232 g/mol. The zero-order valence-corrected chi connectivity index (χ0v) is 11.0. The normalized spacial score (nSPS) is 24.1. The summed E-state index contributed by atoms with van der Waals surface area (Å²) in [6.07, 6.45) is 3.54. The van der Waals surface area contributed by atoms with E-state index in [9.17, 15) is 0 Å². The van der Waals surface area contributed by atoms with E-state index in [-0.39, 0.29) is 0 Å². The molecule has 0 saturated carbocycles. The topological polar surface area (TPSA) is 29.3 Å². The van der Waals surface area contributed by atoms with Crippen LogP contribution in [-0.2, 0) is 6.54 Å². The highest BCUT2D eigenvalue weighted by atomic mass is 15.2. The van der Waals surface area contributed by atoms with Crippen molar-refractivity contribution in [3.05, 3.63) is 35.9 Å². The Morgan fingerprint density at radius 1 is 1.24 bits per heavy atom. The molecule has 1 aromatic carbocycles. The van der Waals surface area contributed by atoms with Crippen LogP contribution in [0.15, 0.2) is 30.3 Å². The van der Waals surface area contributed by atoms with Crippen LogP contribution in [-0.4, -0.2) is 23.0 Å². The van der Waals surface area contributed by atoms with Crippen molar-refractivity contribution in [3.8, 4) is 0 Å². The Hall–Kier alpha value is -0.860. The first kappa shape index (κ1) is 12.6. The third-order valence-electron chi connectivity index (χ3n) is 4.30. The van der Waals surface area contributed by atoms with Gasteiger partial charge in [0.15, 0.2) is 0 Å². The number of hydrogen-bond acceptors (Lipinski definition) is 2. The van der Waals surface area contributed by atoms with Crippen LogP contribution in [0.25, 0.3) is 0 Å². The highest BCUT2D eigenvalue weighted by Crippen LogP contribution is 2.35. The molecule has 0 bridgehead atoms. The van der Waals surface area contributed by atoms with Crippen LogP contribution in [0, 0.1) is 0 Å². The maximum Gasteiger partial charge on any atom is 0.0239 e. The first-order chi connectivity index (χ1) is 8.20. The minimum absolute atomic E-state index is 0.329. The average Bonchev–Trinajstić information content (AvgIpc) is 2.67. The maximum atomic E-state index is 6.16. The largest absolute Gasteiger partial charge is 0.326 e.